The Morgan fingerprint density at radius 2 is 1.84 bits per heavy atom. The molecule has 98 valence electrons. The highest BCUT2D eigenvalue weighted by atomic mass is 32.2. The van der Waals surface area contributed by atoms with Crippen molar-refractivity contribution in [2.45, 2.75) is 18.7 Å². The van der Waals surface area contributed by atoms with E-state index >= 15 is 0 Å². The Balaban J connectivity index is 2.05. The topological polar surface area (TPSA) is 17.1 Å². The number of ketones is 1. The molecule has 19 heavy (non-hydrogen) atoms. The molecule has 0 radical (unpaired) electrons. The van der Waals surface area contributed by atoms with Gasteiger partial charge in [0.15, 0.2) is 5.78 Å². The average molecular weight is 274 g/mol. The Morgan fingerprint density at radius 1 is 1.11 bits per heavy atom. The van der Waals surface area contributed by atoms with E-state index in [0.29, 0.717) is 16.9 Å². The van der Waals surface area contributed by atoms with Crippen LogP contribution < -0.4 is 0 Å². The fraction of sp³-hybridized carbons (Fsp3) is 0.188. The smallest absolute Gasteiger partial charge is 0.173 e. The monoisotopic (exact) mass is 274 g/mol. The molecular weight excluding hydrogens is 259 g/mol. The third-order valence-corrected chi connectivity index (χ3v) is 4.12. The molecule has 0 spiro atoms. The summed E-state index contributed by atoms with van der Waals surface area (Å²) < 4.78 is 13.4. The maximum absolute atomic E-state index is 13.4. The molecule has 2 aromatic carbocycles. The normalized spacial score (nSPS) is 10.5. The second-order valence-corrected chi connectivity index (χ2v) is 5.46. The van der Waals surface area contributed by atoms with E-state index < -0.39 is 0 Å². The van der Waals surface area contributed by atoms with Gasteiger partial charge < -0.3 is 0 Å². The Labute approximate surface area is 116 Å². The molecule has 0 atom stereocenters. The number of carbonyl (C=O) groups is 1. The fourth-order valence-electron chi connectivity index (χ4n) is 1.71. The lowest BCUT2D eigenvalue weighted by molar-refractivity contribution is 0.102. The maximum Gasteiger partial charge on any atom is 0.173 e. The van der Waals surface area contributed by atoms with Gasteiger partial charge in [-0.1, -0.05) is 30.3 Å². The number of benzene rings is 2. The molecule has 0 saturated carbocycles. The van der Waals surface area contributed by atoms with Crippen LogP contribution in [0.4, 0.5) is 4.39 Å². The van der Waals surface area contributed by atoms with Crippen LogP contribution in [-0.4, -0.2) is 11.5 Å². The van der Waals surface area contributed by atoms with Gasteiger partial charge in [-0.25, -0.2) is 4.39 Å². The zero-order valence-corrected chi connectivity index (χ0v) is 11.8. The van der Waals surface area contributed by atoms with Gasteiger partial charge in [-0.2, -0.15) is 0 Å². The van der Waals surface area contributed by atoms with Crippen LogP contribution in [0.2, 0.25) is 0 Å². The summed E-state index contributed by atoms with van der Waals surface area (Å²) in [5, 5.41) is 0. The number of rotatable bonds is 4. The highest BCUT2D eigenvalue weighted by Crippen LogP contribution is 2.23. The minimum absolute atomic E-state index is 0.0489. The molecule has 1 nitrogen and oxygen atoms in total. The number of aryl methyl sites for hydroxylation is 2. The molecule has 0 aliphatic carbocycles. The first-order chi connectivity index (χ1) is 9.08. The van der Waals surface area contributed by atoms with Gasteiger partial charge in [-0.05, 0) is 37.1 Å². The molecule has 0 bridgehead atoms. The number of halogens is 1. The van der Waals surface area contributed by atoms with Crippen molar-refractivity contribution in [1.29, 1.82) is 0 Å². The Bertz CT molecular complexity index is 607. The van der Waals surface area contributed by atoms with Gasteiger partial charge in [-0.15, -0.1) is 11.8 Å². The van der Waals surface area contributed by atoms with E-state index in [1.807, 2.05) is 31.2 Å². The highest BCUT2D eigenvalue weighted by Gasteiger charge is 2.09. The molecule has 0 aromatic heterocycles. The van der Waals surface area contributed by atoms with Gasteiger partial charge in [0.25, 0.3) is 0 Å². The second kappa shape index (κ2) is 6.02. The first-order valence-electron chi connectivity index (χ1n) is 6.05. The van der Waals surface area contributed by atoms with Gasteiger partial charge in [0.05, 0.1) is 5.75 Å². The van der Waals surface area contributed by atoms with Crippen molar-refractivity contribution in [1.82, 2.24) is 0 Å². The maximum atomic E-state index is 13.4. The van der Waals surface area contributed by atoms with Crippen molar-refractivity contribution in [2.24, 2.45) is 0 Å². The molecule has 0 saturated heterocycles. The van der Waals surface area contributed by atoms with Crippen molar-refractivity contribution in [3.8, 4) is 0 Å². The molecular formula is C16H15FOS. The van der Waals surface area contributed by atoms with Crippen LogP contribution in [-0.2, 0) is 0 Å². The van der Waals surface area contributed by atoms with E-state index in [2.05, 4.69) is 0 Å². The predicted octanol–water partition coefficient (Wildman–Crippen LogP) is 4.42. The molecule has 0 fully saturated rings. The molecule has 0 aliphatic heterocycles. The summed E-state index contributed by atoms with van der Waals surface area (Å²) in [6.07, 6.45) is 0. The summed E-state index contributed by atoms with van der Waals surface area (Å²) in [7, 11) is 0. The number of Topliss-reactive ketones (excluding diaryl/α,β-unsaturated/α-hetero) is 1. The Kier molecular flexibility index (Phi) is 4.38. The third-order valence-electron chi connectivity index (χ3n) is 2.95. The van der Waals surface area contributed by atoms with Gasteiger partial charge in [-0.3, -0.25) is 4.79 Å². The minimum Gasteiger partial charge on any atom is -0.293 e. The third kappa shape index (κ3) is 3.44. The van der Waals surface area contributed by atoms with Gasteiger partial charge in [0.2, 0.25) is 0 Å². The Morgan fingerprint density at radius 3 is 2.53 bits per heavy atom. The summed E-state index contributed by atoms with van der Waals surface area (Å²) in [4.78, 5) is 13.1. The summed E-state index contributed by atoms with van der Waals surface area (Å²) in [6, 6.07) is 12.6. The molecule has 0 aliphatic rings. The minimum atomic E-state index is -0.327. The lowest BCUT2D eigenvalue weighted by Crippen LogP contribution is -2.03. The largest absolute Gasteiger partial charge is 0.293 e. The zero-order chi connectivity index (χ0) is 13.8. The number of carbonyl (C=O) groups excluding carboxylic acids is 1. The van der Waals surface area contributed by atoms with Crippen LogP contribution in [0.25, 0.3) is 0 Å². The summed E-state index contributed by atoms with van der Waals surface area (Å²) in [6.45, 7) is 3.70. The van der Waals surface area contributed by atoms with Crippen LogP contribution >= 0.6 is 11.8 Å². The summed E-state index contributed by atoms with van der Waals surface area (Å²) in [5.41, 5.74) is 2.14. The highest BCUT2D eigenvalue weighted by molar-refractivity contribution is 8.00. The van der Waals surface area contributed by atoms with Crippen LogP contribution in [0.3, 0.4) is 0 Å². The van der Waals surface area contributed by atoms with E-state index in [9.17, 15) is 9.18 Å². The standard InChI is InChI=1S/C16H15FOS/c1-11-7-8-13(9-14(11)17)15(18)10-19-16-6-4-3-5-12(16)2/h3-9H,10H2,1-2H3. The van der Waals surface area contributed by atoms with Gasteiger partial charge >= 0.3 is 0 Å². The average Bonchev–Trinajstić information content (AvgIpc) is 2.40. The number of hydrogen-bond donors (Lipinski definition) is 0. The van der Waals surface area contributed by atoms with Gasteiger partial charge in [0, 0.05) is 10.5 Å². The molecule has 0 amide bonds. The van der Waals surface area contributed by atoms with E-state index in [1.165, 1.54) is 17.8 Å². The van der Waals surface area contributed by atoms with E-state index in [4.69, 9.17) is 0 Å². The van der Waals surface area contributed by atoms with Crippen molar-refractivity contribution in [2.75, 3.05) is 5.75 Å². The zero-order valence-electron chi connectivity index (χ0n) is 10.9. The van der Waals surface area contributed by atoms with Crippen LogP contribution in [0.1, 0.15) is 21.5 Å². The molecule has 3 heteroatoms. The quantitative estimate of drug-likeness (QED) is 0.606. The van der Waals surface area contributed by atoms with Crippen LogP contribution in [0.15, 0.2) is 47.4 Å². The lowest BCUT2D eigenvalue weighted by atomic mass is 10.1. The van der Waals surface area contributed by atoms with Crippen molar-refractivity contribution in [3.63, 3.8) is 0 Å². The Hall–Kier alpha value is -1.61. The van der Waals surface area contributed by atoms with Crippen molar-refractivity contribution < 1.29 is 9.18 Å². The number of hydrogen-bond acceptors (Lipinski definition) is 2. The second-order valence-electron chi connectivity index (χ2n) is 4.44. The predicted molar refractivity (Wildman–Crippen MR) is 77.4 cm³/mol. The van der Waals surface area contributed by atoms with Crippen molar-refractivity contribution in [3.05, 3.63) is 65.0 Å². The molecule has 0 N–H and O–H groups in total. The van der Waals surface area contributed by atoms with E-state index in [-0.39, 0.29) is 11.6 Å². The van der Waals surface area contributed by atoms with Crippen LogP contribution in [0.5, 0.6) is 0 Å². The van der Waals surface area contributed by atoms with E-state index in [0.717, 1.165) is 10.5 Å². The summed E-state index contributed by atoms with van der Waals surface area (Å²) in [5.74, 6) is -0.0493. The SMILES string of the molecule is Cc1ccc(C(=O)CSc2ccccc2C)cc1F. The molecule has 2 aromatic rings. The first kappa shape index (κ1) is 13.8. The summed E-state index contributed by atoms with van der Waals surface area (Å²) >= 11 is 1.49. The number of thioether (sulfide) groups is 1. The first-order valence-corrected chi connectivity index (χ1v) is 7.04. The lowest BCUT2D eigenvalue weighted by Gasteiger charge is -2.05. The van der Waals surface area contributed by atoms with Crippen LogP contribution in [0, 0.1) is 19.7 Å². The fourth-order valence-corrected chi connectivity index (χ4v) is 2.64. The molecule has 0 unspecified atom stereocenters. The molecule has 2 rings (SSSR count). The van der Waals surface area contributed by atoms with E-state index in [1.54, 1.807) is 19.1 Å². The van der Waals surface area contributed by atoms with Crippen molar-refractivity contribution >= 4 is 17.5 Å². The van der Waals surface area contributed by atoms with Gasteiger partial charge in [0.1, 0.15) is 5.82 Å². The molecule has 0 heterocycles.